The van der Waals surface area contributed by atoms with Crippen LogP contribution < -0.4 is 10.6 Å². The lowest BCUT2D eigenvalue weighted by Crippen LogP contribution is -2.43. The van der Waals surface area contributed by atoms with Gasteiger partial charge in [0.1, 0.15) is 5.75 Å². The highest BCUT2D eigenvalue weighted by Gasteiger charge is 2.39. The Hall–Kier alpha value is -5.08. The summed E-state index contributed by atoms with van der Waals surface area (Å²) < 4.78 is 14.8. The van der Waals surface area contributed by atoms with Crippen molar-refractivity contribution in [2.75, 3.05) is 11.1 Å². The summed E-state index contributed by atoms with van der Waals surface area (Å²) in [6.45, 7) is 3.47. The highest BCUT2D eigenvalue weighted by molar-refractivity contribution is 7.99. The minimum atomic E-state index is -0.778. The Morgan fingerprint density at radius 2 is 1.68 bits per heavy atom. The van der Waals surface area contributed by atoms with Gasteiger partial charge in [-0.2, -0.15) is 4.68 Å². The Bertz CT molecular complexity index is 1890. The van der Waals surface area contributed by atoms with Gasteiger partial charge >= 0.3 is 6.03 Å². The second-order valence-corrected chi connectivity index (χ2v) is 13.1. The van der Waals surface area contributed by atoms with Crippen molar-refractivity contribution in [3.63, 3.8) is 0 Å². The van der Waals surface area contributed by atoms with E-state index in [9.17, 15) is 19.8 Å². The molecule has 50 heavy (non-hydrogen) atoms. The molecular weight excluding hydrogens is 657 g/mol. The van der Waals surface area contributed by atoms with E-state index in [1.807, 2.05) is 66.7 Å². The number of nitrogens with one attached hydrogen (secondary N) is 2. The summed E-state index contributed by atoms with van der Waals surface area (Å²) in [5, 5.41) is 37.7. The Balaban J connectivity index is 1.19. The molecule has 4 N–H and O–H groups in total. The third-order valence-corrected chi connectivity index (χ3v) is 9.54. The lowest BCUT2D eigenvalue weighted by Gasteiger charge is -2.41. The average molecular weight is 695 g/mol. The second-order valence-electron chi connectivity index (χ2n) is 12.1. The first kappa shape index (κ1) is 34.8. The number of anilines is 1. The van der Waals surface area contributed by atoms with E-state index in [-0.39, 0.29) is 36.3 Å². The number of phenols is 1. The quantitative estimate of drug-likeness (QED) is 0.118. The summed E-state index contributed by atoms with van der Waals surface area (Å²) in [4.78, 5) is 25.4. The zero-order valence-corrected chi connectivity index (χ0v) is 28.4. The molecule has 1 aromatic heterocycles. The van der Waals surface area contributed by atoms with Crippen molar-refractivity contribution in [3.8, 4) is 11.4 Å². The standard InChI is InChI=1S/C37H38N6O6S/c1-23-33(22-50-37-40-41-42-43(37)30-15-17-31(46)18-16-30)48-35(49-34(23)27-13-11-26(21-44)12-14-27)28-9-6-10-29(20-28)38-36(47)39-32(24(2)45)19-25-7-4-3-5-8-25/h3-18,20,23,32-35,44,46H,19,21-22H2,1-2H3,(H2,38,39,47). The topological polar surface area (TPSA) is 161 Å². The molecule has 0 radical (unpaired) electrons. The minimum Gasteiger partial charge on any atom is -0.508 e. The molecule has 4 aromatic carbocycles. The van der Waals surface area contributed by atoms with E-state index < -0.39 is 18.4 Å². The number of aromatic nitrogens is 4. The van der Waals surface area contributed by atoms with E-state index in [1.54, 1.807) is 41.1 Å². The van der Waals surface area contributed by atoms with Crippen molar-refractivity contribution < 1.29 is 29.3 Å². The molecule has 258 valence electrons. The predicted octanol–water partition coefficient (Wildman–Crippen LogP) is 5.77. The number of phenolic OH excluding ortho intramolecular Hbond substituents is 1. The summed E-state index contributed by atoms with van der Waals surface area (Å²) in [5.74, 6) is 0.415. The Kier molecular flexibility index (Phi) is 11.2. The number of carbonyl (C=O) groups is 2. The zero-order chi connectivity index (χ0) is 35.0. The van der Waals surface area contributed by atoms with Gasteiger partial charge in [-0.25, -0.2) is 4.79 Å². The number of hydrogen-bond acceptors (Lipinski definition) is 10. The first-order valence-corrected chi connectivity index (χ1v) is 17.2. The Morgan fingerprint density at radius 1 is 0.920 bits per heavy atom. The first-order chi connectivity index (χ1) is 24.3. The number of nitrogens with zero attached hydrogens (tertiary/aromatic N) is 4. The normalized spacial score (nSPS) is 19.4. The maximum Gasteiger partial charge on any atom is 0.319 e. The number of urea groups is 1. The number of aromatic hydroxyl groups is 1. The summed E-state index contributed by atoms with van der Waals surface area (Å²) in [6, 6.07) is 29.9. The van der Waals surface area contributed by atoms with Crippen molar-refractivity contribution in [1.82, 2.24) is 25.5 Å². The van der Waals surface area contributed by atoms with Gasteiger partial charge in [0.15, 0.2) is 12.1 Å². The molecule has 0 saturated carbocycles. The molecule has 13 heteroatoms. The lowest BCUT2D eigenvalue weighted by atomic mass is 9.91. The third-order valence-electron chi connectivity index (χ3n) is 8.53. The van der Waals surface area contributed by atoms with Crippen molar-refractivity contribution in [2.45, 2.75) is 56.6 Å². The number of carbonyl (C=O) groups excluding carboxylic acids is 2. The summed E-state index contributed by atoms with van der Waals surface area (Å²) in [5.41, 5.74) is 4.60. The highest BCUT2D eigenvalue weighted by Crippen LogP contribution is 2.43. The van der Waals surface area contributed by atoms with Crippen molar-refractivity contribution in [1.29, 1.82) is 0 Å². The SMILES string of the molecule is CC(=O)C(Cc1ccccc1)NC(=O)Nc1cccc(C2OC(CSc3nnnn3-c3ccc(O)cc3)C(C)C(c3ccc(CO)cc3)O2)c1. The van der Waals surface area contributed by atoms with Crippen molar-refractivity contribution >= 4 is 29.3 Å². The number of hydrogen-bond donors (Lipinski definition) is 4. The van der Waals surface area contributed by atoms with Crippen LogP contribution in [0.5, 0.6) is 5.75 Å². The van der Waals surface area contributed by atoms with Crippen LogP contribution in [-0.4, -0.2) is 60.1 Å². The van der Waals surface area contributed by atoms with Crippen LogP contribution in [0.15, 0.2) is 108 Å². The number of Topliss-reactive ketones (excluding diaryl/α,β-unsaturated/α-hetero) is 1. The van der Waals surface area contributed by atoms with E-state index in [1.165, 1.54) is 18.7 Å². The molecule has 2 heterocycles. The molecular formula is C37H38N6O6S. The minimum absolute atomic E-state index is 0.0606. The monoisotopic (exact) mass is 694 g/mol. The Labute approximate surface area is 293 Å². The lowest BCUT2D eigenvalue weighted by molar-refractivity contribution is -0.268. The predicted molar refractivity (Wildman–Crippen MR) is 188 cm³/mol. The Morgan fingerprint density at radius 3 is 2.40 bits per heavy atom. The van der Waals surface area contributed by atoms with Gasteiger partial charge in [-0.05, 0) is 76.9 Å². The van der Waals surface area contributed by atoms with E-state index in [0.29, 0.717) is 34.3 Å². The number of benzene rings is 4. The number of tetrazole rings is 1. The fourth-order valence-corrected chi connectivity index (χ4v) is 6.78. The molecule has 1 aliphatic rings. The summed E-state index contributed by atoms with van der Waals surface area (Å²) in [6.07, 6.45) is -1.05. The number of thioether (sulfide) groups is 1. The third kappa shape index (κ3) is 8.55. The maximum absolute atomic E-state index is 13.0. The van der Waals surface area contributed by atoms with Gasteiger partial charge in [0, 0.05) is 22.9 Å². The molecule has 0 bridgehead atoms. The van der Waals surface area contributed by atoms with Gasteiger partial charge in [0.2, 0.25) is 5.16 Å². The van der Waals surface area contributed by atoms with Crippen LogP contribution in [0.2, 0.25) is 0 Å². The van der Waals surface area contributed by atoms with Gasteiger partial charge < -0.3 is 30.3 Å². The van der Waals surface area contributed by atoms with Crippen LogP contribution >= 0.6 is 11.8 Å². The molecule has 0 spiro atoms. The summed E-state index contributed by atoms with van der Waals surface area (Å²) >= 11 is 1.44. The highest BCUT2D eigenvalue weighted by atomic mass is 32.2. The molecule has 5 unspecified atom stereocenters. The van der Waals surface area contributed by atoms with Crippen LogP contribution in [0.4, 0.5) is 10.5 Å². The molecule has 2 amide bonds. The number of aliphatic hydroxyl groups is 1. The molecule has 1 saturated heterocycles. The van der Waals surface area contributed by atoms with E-state index in [4.69, 9.17) is 9.47 Å². The fourth-order valence-electron chi connectivity index (χ4n) is 5.73. The second kappa shape index (κ2) is 16.1. The van der Waals surface area contributed by atoms with Crippen LogP contribution in [0, 0.1) is 5.92 Å². The number of ketones is 1. The molecule has 0 aliphatic carbocycles. The van der Waals surface area contributed by atoms with Crippen LogP contribution in [0.25, 0.3) is 5.69 Å². The molecule has 1 aliphatic heterocycles. The van der Waals surface area contributed by atoms with Crippen molar-refractivity contribution in [2.24, 2.45) is 5.92 Å². The van der Waals surface area contributed by atoms with Gasteiger partial charge in [-0.1, -0.05) is 85.4 Å². The van der Waals surface area contributed by atoms with E-state index in [2.05, 4.69) is 33.1 Å². The molecule has 6 rings (SSSR count). The number of aliphatic hydroxyl groups excluding tert-OH is 1. The van der Waals surface area contributed by atoms with Crippen molar-refractivity contribution in [3.05, 3.63) is 125 Å². The van der Waals surface area contributed by atoms with Crippen LogP contribution in [-0.2, 0) is 27.3 Å². The number of ether oxygens (including phenoxy) is 2. The van der Waals surface area contributed by atoms with E-state index in [0.717, 1.165) is 16.7 Å². The molecule has 1 fully saturated rings. The van der Waals surface area contributed by atoms with Gasteiger partial charge in [0.25, 0.3) is 0 Å². The van der Waals surface area contributed by atoms with E-state index >= 15 is 0 Å². The first-order valence-electron chi connectivity index (χ1n) is 16.2. The molecule has 5 aromatic rings. The maximum atomic E-state index is 13.0. The van der Waals surface area contributed by atoms with Gasteiger partial charge in [-0.3, -0.25) is 4.79 Å². The van der Waals surface area contributed by atoms with Gasteiger partial charge in [0.05, 0.1) is 30.5 Å². The number of rotatable bonds is 12. The largest absolute Gasteiger partial charge is 0.508 e. The van der Waals surface area contributed by atoms with Crippen LogP contribution in [0.1, 0.15) is 48.5 Å². The number of amides is 2. The average Bonchev–Trinajstić information content (AvgIpc) is 3.60. The zero-order valence-electron chi connectivity index (χ0n) is 27.5. The molecule has 12 nitrogen and oxygen atoms in total. The molecule has 5 atom stereocenters. The fraction of sp³-hybridized carbons (Fsp3) is 0.270. The summed E-state index contributed by atoms with van der Waals surface area (Å²) in [7, 11) is 0. The smallest absolute Gasteiger partial charge is 0.319 e. The van der Waals surface area contributed by atoms with Gasteiger partial charge in [-0.15, -0.1) is 5.10 Å². The van der Waals surface area contributed by atoms with Crippen LogP contribution in [0.3, 0.4) is 0 Å².